The summed E-state index contributed by atoms with van der Waals surface area (Å²) in [6, 6.07) is 12.7. The molecule has 1 fully saturated rings. The highest BCUT2D eigenvalue weighted by atomic mass is 79.9. The lowest BCUT2D eigenvalue weighted by Crippen LogP contribution is -2.15. The normalized spacial score (nSPS) is 14.2. The molecule has 20 heavy (non-hydrogen) atoms. The van der Waals surface area contributed by atoms with Gasteiger partial charge in [0.1, 0.15) is 12.4 Å². The van der Waals surface area contributed by atoms with Gasteiger partial charge in [0.05, 0.1) is 5.69 Å². The first-order valence-electron chi connectivity index (χ1n) is 6.85. The van der Waals surface area contributed by atoms with Gasteiger partial charge in [-0.05, 0) is 48.7 Å². The number of rotatable bonds is 6. The third kappa shape index (κ3) is 4.05. The number of aromatic nitrogens is 1. The van der Waals surface area contributed by atoms with Crippen LogP contribution in [-0.4, -0.2) is 11.0 Å². The predicted octanol–water partition coefficient (Wildman–Crippen LogP) is 3.68. The summed E-state index contributed by atoms with van der Waals surface area (Å²) in [6.45, 7) is 1.41. The second-order valence-electron chi connectivity index (χ2n) is 5.06. The Balaban J connectivity index is 1.50. The molecule has 1 aliphatic rings. The quantitative estimate of drug-likeness (QED) is 0.876. The molecule has 0 spiro atoms. The molecule has 2 aromatic rings. The van der Waals surface area contributed by atoms with Crippen molar-refractivity contribution in [3.8, 4) is 5.75 Å². The van der Waals surface area contributed by atoms with Crippen LogP contribution in [0.5, 0.6) is 5.75 Å². The third-order valence-electron chi connectivity index (χ3n) is 3.26. The highest BCUT2D eigenvalue weighted by Gasteiger charge is 2.19. The van der Waals surface area contributed by atoms with Crippen LogP contribution in [0.25, 0.3) is 0 Å². The monoisotopic (exact) mass is 332 g/mol. The van der Waals surface area contributed by atoms with Crippen molar-refractivity contribution in [2.45, 2.75) is 32.0 Å². The molecule has 104 valence electrons. The van der Waals surface area contributed by atoms with Gasteiger partial charge in [0.15, 0.2) is 0 Å². The lowest BCUT2D eigenvalue weighted by atomic mass is 10.2. The van der Waals surface area contributed by atoms with Gasteiger partial charge < -0.3 is 10.1 Å². The van der Waals surface area contributed by atoms with Gasteiger partial charge in [-0.1, -0.05) is 22.0 Å². The number of halogens is 1. The fourth-order valence-corrected chi connectivity index (χ4v) is 2.15. The van der Waals surface area contributed by atoms with Gasteiger partial charge in [0, 0.05) is 23.3 Å². The molecule has 1 N–H and O–H groups in total. The molecule has 0 aliphatic heterocycles. The van der Waals surface area contributed by atoms with Crippen LogP contribution in [-0.2, 0) is 13.2 Å². The maximum atomic E-state index is 5.70. The van der Waals surface area contributed by atoms with Gasteiger partial charge in [-0.15, -0.1) is 0 Å². The van der Waals surface area contributed by atoms with E-state index in [1.807, 2.05) is 36.5 Å². The first-order chi connectivity index (χ1) is 9.79. The fourth-order valence-electron chi connectivity index (χ4n) is 1.88. The standard InChI is InChI=1S/C16H17BrN2O/c17-13-2-7-16(8-3-13)20-11-15-4-1-12(10-19-15)9-18-14-5-6-14/h1-4,7-8,10,14,18H,5-6,9,11H2. The summed E-state index contributed by atoms with van der Waals surface area (Å²) in [5.41, 5.74) is 2.17. The van der Waals surface area contributed by atoms with Crippen LogP contribution >= 0.6 is 15.9 Å². The van der Waals surface area contributed by atoms with E-state index in [0.717, 1.165) is 28.5 Å². The van der Waals surface area contributed by atoms with E-state index in [-0.39, 0.29) is 0 Å². The van der Waals surface area contributed by atoms with E-state index < -0.39 is 0 Å². The first kappa shape index (κ1) is 13.6. The molecule has 0 radical (unpaired) electrons. The molecule has 3 nitrogen and oxygen atoms in total. The Hall–Kier alpha value is -1.39. The Morgan fingerprint density at radius 2 is 1.95 bits per heavy atom. The van der Waals surface area contributed by atoms with Crippen molar-refractivity contribution in [1.82, 2.24) is 10.3 Å². The van der Waals surface area contributed by atoms with E-state index in [4.69, 9.17) is 4.74 Å². The summed E-state index contributed by atoms with van der Waals surface area (Å²) < 4.78 is 6.75. The number of pyridine rings is 1. The van der Waals surface area contributed by atoms with E-state index in [1.165, 1.54) is 18.4 Å². The zero-order valence-electron chi connectivity index (χ0n) is 11.2. The molecular weight excluding hydrogens is 316 g/mol. The van der Waals surface area contributed by atoms with Crippen molar-refractivity contribution in [3.05, 3.63) is 58.3 Å². The number of hydrogen-bond donors (Lipinski definition) is 1. The van der Waals surface area contributed by atoms with Crippen LogP contribution in [0.1, 0.15) is 24.1 Å². The summed E-state index contributed by atoms with van der Waals surface area (Å²) in [6.07, 6.45) is 4.55. The van der Waals surface area contributed by atoms with Gasteiger partial charge in [-0.25, -0.2) is 0 Å². The Labute approximate surface area is 127 Å². The number of nitrogens with zero attached hydrogens (tertiary/aromatic N) is 1. The number of nitrogens with one attached hydrogen (secondary N) is 1. The van der Waals surface area contributed by atoms with Crippen molar-refractivity contribution in [2.75, 3.05) is 0 Å². The first-order valence-corrected chi connectivity index (χ1v) is 7.64. The molecule has 0 atom stereocenters. The Morgan fingerprint density at radius 1 is 1.15 bits per heavy atom. The summed E-state index contributed by atoms with van der Waals surface area (Å²) >= 11 is 3.40. The zero-order valence-corrected chi connectivity index (χ0v) is 12.8. The van der Waals surface area contributed by atoms with Crippen molar-refractivity contribution in [2.24, 2.45) is 0 Å². The van der Waals surface area contributed by atoms with Crippen LogP contribution in [0.4, 0.5) is 0 Å². The average Bonchev–Trinajstić information content (AvgIpc) is 3.30. The number of ether oxygens (including phenoxy) is 1. The smallest absolute Gasteiger partial charge is 0.130 e. The largest absolute Gasteiger partial charge is 0.487 e. The van der Waals surface area contributed by atoms with E-state index in [2.05, 4.69) is 32.3 Å². The van der Waals surface area contributed by atoms with E-state index in [9.17, 15) is 0 Å². The Kier molecular flexibility index (Phi) is 4.33. The molecule has 0 bridgehead atoms. The predicted molar refractivity (Wildman–Crippen MR) is 82.6 cm³/mol. The molecule has 1 heterocycles. The summed E-state index contributed by atoms with van der Waals surface area (Å²) in [4.78, 5) is 4.44. The van der Waals surface area contributed by atoms with Crippen molar-refractivity contribution in [1.29, 1.82) is 0 Å². The minimum Gasteiger partial charge on any atom is -0.487 e. The molecule has 1 saturated carbocycles. The molecule has 1 aromatic heterocycles. The van der Waals surface area contributed by atoms with Gasteiger partial charge in [-0.3, -0.25) is 4.98 Å². The Morgan fingerprint density at radius 3 is 2.60 bits per heavy atom. The van der Waals surface area contributed by atoms with Crippen LogP contribution in [0.2, 0.25) is 0 Å². The van der Waals surface area contributed by atoms with Crippen LogP contribution in [0, 0.1) is 0 Å². The van der Waals surface area contributed by atoms with Crippen LogP contribution in [0.15, 0.2) is 47.1 Å². The molecule has 4 heteroatoms. The maximum absolute atomic E-state index is 5.70. The Bertz CT molecular complexity index is 550. The summed E-state index contributed by atoms with van der Waals surface area (Å²) in [7, 11) is 0. The zero-order chi connectivity index (χ0) is 13.8. The third-order valence-corrected chi connectivity index (χ3v) is 3.79. The molecule has 0 saturated heterocycles. The van der Waals surface area contributed by atoms with E-state index in [0.29, 0.717) is 6.61 Å². The minimum atomic E-state index is 0.498. The lowest BCUT2D eigenvalue weighted by Gasteiger charge is -2.07. The lowest BCUT2D eigenvalue weighted by molar-refractivity contribution is 0.301. The van der Waals surface area contributed by atoms with E-state index in [1.54, 1.807) is 0 Å². The highest BCUT2D eigenvalue weighted by molar-refractivity contribution is 9.10. The summed E-state index contributed by atoms with van der Waals surface area (Å²) in [5, 5.41) is 3.48. The topological polar surface area (TPSA) is 34.1 Å². The van der Waals surface area contributed by atoms with Crippen molar-refractivity contribution >= 4 is 15.9 Å². The van der Waals surface area contributed by atoms with Crippen LogP contribution < -0.4 is 10.1 Å². The molecular formula is C16H17BrN2O. The van der Waals surface area contributed by atoms with Gasteiger partial charge in [0.2, 0.25) is 0 Å². The van der Waals surface area contributed by atoms with Gasteiger partial charge in [-0.2, -0.15) is 0 Å². The fraction of sp³-hybridized carbons (Fsp3) is 0.312. The average molecular weight is 333 g/mol. The summed E-state index contributed by atoms with van der Waals surface area (Å²) in [5.74, 6) is 0.856. The number of hydrogen-bond acceptors (Lipinski definition) is 3. The SMILES string of the molecule is Brc1ccc(OCc2ccc(CNC3CC3)cn2)cc1. The minimum absolute atomic E-state index is 0.498. The van der Waals surface area contributed by atoms with Crippen molar-refractivity contribution < 1.29 is 4.74 Å². The molecule has 0 unspecified atom stereocenters. The van der Waals surface area contributed by atoms with Gasteiger partial charge in [0.25, 0.3) is 0 Å². The number of benzene rings is 1. The highest BCUT2D eigenvalue weighted by Crippen LogP contribution is 2.19. The molecule has 3 rings (SSSR count). The van der Waals surface area contributed by atoms with Crippen LogP contribution in [0.3, 0.4) is 0 Å². The molecule has 1 aliphatic carbocycles. The van der Waals surface area contributed by atoms with Crippen molar-refractivity contribution in [3.63, 3.8) is 0 Å². The second kappa shape index (κ2) is 6.37. The second-order valence-corrected chi connectivity index (χ2v) is 5.97. The molecule has 1 aromatic carbocycles. The van der Waals surface area contributed by atoms with Gasteiger partial charge >= 0.3 is 0 Å². The maximum Gasteiger partial charge on any atom is 0.130 e. The molecule has 0 amide bonds. The van der Waals surface area contributed by atoms with E-state index >= 15 is 0 Å².